The van der Waals surface area contributed by atoms with E-state index in [-0.39, 0.29) is 37.9 Å². The van der Waals surface area contributed by atoms with Gasteiger partial charge in [0.2, 0.25) is 11.8 Å². The molecule has 33 heavy (non-hydrogen) atoms. The molecule has 0 radical (unpaired) electrons. The number of rotatable bonds is 12. The molecule has 2 atom stereocenters. The van der Waals surface area contributed by atoms with E-state index in [2.05, 4.69) is 10.6 Å². The summed E-state index contributed by atoms with van der Waals surface area (Å²) in [6, 6.07) is 5.25. The molecule has 1 saturated carbocycles. The van der Waals surface area contributed by atoms with Crippen LogP contribution in [0.1, 0.15) is 58.9 Å². The standard InChI is InChI=1S/C24H33ClN2O6/c1-5-32-19(28)12-11-18(22(30)33-6-2)26-21(29)20(15(3)4)27-23(31)24(13-14-24)16-7-9-17(25)10-8-16/h7-10,15,18,20H,5-6,11-14H2,1-4H3,(H,26,29)(H,27,31)/t18-,20+/m1/s1. The van der Waals surface area contributed by atoms with Crippen molar-refractivity contribution >= 4 is 35.4 Å². The molecule has 2 amide bonds. The van der Waals surface area contributed by atoms with Crippen LogP contribution in [0.3, 0.4) is 0 Å². The van der Waals surface area contributed by atoms with Crippen LogP contribution in [0.25, 0.3) is 0 Å². The molecule has 1 aliphatic carbocycles. The maximum Gasteiger partial charge on any atom is 0.328 e. The Morgan fingerprint density at radius 3 is 2.12 bits per heavy atom. The monoisotopic (exact) mass is 480 g/mol. The van der Waals surface area contributed by atoms with E-state index in [4.69, 9.17) is 21.1 Å². The predicted octanol–water partition coefficient (Wildman–Crippen LogP) is 2.90. The van der Waals surface area contributed by atoms with E-state index < -0.39 is 35.3 Å². The first kappa shape index (κ1) is 26.6. The summed E-state index contributed by atoms with van der Waals surface area (Å²) in [6.45, 7) is 7.33. The third-order valence-electron chi connectivity index (χ3n) is 5.65. The van der Waals surface area contributed by atoms with Gasteiger partial charge in [0.15, 0.2) is 0 Å². The number of esters is 2. The molecule has 0 heterocycles. The Balaban J connectivity index is 2.10. The van der Waals surface area contributed by atoms with Gasteiger partial charge in [0, 0.05) is 11.4 Å². The van der Waals surface area contributed by atoms with E-state index in [1.165, 1.54) is 0 Å². The molecule has 0 saturated heterocycles. The third-order valence-corrected chi connectivity index (χ3v) is 5.90. The number of ether oxygens (including phenoxy) is 2. The summed E-state index contributed by atoms with van der Waals surface area (Å²) in [5, 5.41) is 6.10. The van der Waals surface area contributed by atoms with Gasteiger partial charge in [-0.15, -0.1) is 0 Å². The number of benzene rings is 1. The van der Waals surface area contributed by atoms with Crippen LogP contribution in [-0.2, 0) is 34.1 Å². The highest BCUT2D eigenvalue weighted by atomic mass is 35.5. The molecule has 0 bridgehead atoms. The normalized spacial score (nSPS) is 15.8. The second-order valence-electron chi connectivity index (χ2n) is 8.44. The van der Waals surface area contributed by atoms with Crippen LogP contribution in [-0.4, -0.2) is 49.1 Å². The van der Waals surface area contributed by atoms with Crippen molar-refractivity contribution in [1.29, 1.82) is 0 Å². The maximum atomic E-state index is 13.2. The molecular weight excluding hydrogens is 448 g/mol. The van der Waals surface area contributed by atoms with E-state index in [0.717, 1.165) is 5.56 Å². The topological polar surface area (TPSA) is 111 Å². The fourth-order valence-corrected chi connectivity index (χ4v) is 3.73. The third kappa shape index (κ3) is 7.19. The first-order chi connectivity index (χ1) is 15.6. The SMILES string of the molecule is CCOC(=O)CC[C@@H](NC(=O)[C@@H](NC(=O)C1(c2ccc(Cl)cc2)CC1)C(C)C)C(=O)OCC. The molecule has 182 valence electrons. The van der Waals surface area contributed by atoms with E-state index in [1.54, 1.807) is 26.0 Å². The molecule has 9 heteroatoms. The van der Waals surface area contributed by atoms with Crippen LogP contribution in [0.4, 0.5) is 0 Å². The van der Waals surface area contributed by atoms with Crippen molar-refractivity contribution in [3.8, 4) is 0 Å². The lowest BCUT2D eigenvalue weighted by molar-refractivity contribution is -0.149. The highest BCUT2D eigenvalue weighted by molar-refractivity contribution is 6.30. The molecule has 0 aromatic heterocycles. The second-order valence-corrected chi connectivity index (χ2v) is 8.88. The predicted molar refractivity (Wildman–Crippen MR) is 124 cm³/mol. The molecular formula is C24H33ClN2O6. The first-order valence-corrected chi connectivity index (χ1v) is 11.7. The van der Waals surface area contributed by atoms with Gasteiger partial charge < -0.3 is 20.1 Å². The van der Waals surface area contributed by atoms with Gasteiger partial charge in [-0.3, -0.25) is 14.4 Å². The Hall–Kier alpha value is -2.61. The molecule has 1 aromatic rings. The van der Waals surface area contributed by atoms with Crippen molar-refractivity contribution in [2.45, 2.75) is 70.9 Å². The summed E-state index contributed by atoms with van der Waals surface area (Å²) in [6.07, 6.45) is 1.35. The van der Waals surface area contributed by atoms with Crippen LogP contribution in [0, 0.1) is 5.92 Å². The molecule has 0 unspecified atom stereocenters. The van der Waals surface area contributed by atoms with Crippen LogP contribution in [0.2, 0.25) is 5.02 Å². The first-order valence-electron chi connectivity index (χ1n) is 11.3. The number of nitrogens with one attached hydrogen (secondary N) is 2. The molecule has 1 aliphatic rings. The average Bonchev–Trinajstić information content (AvgIpc) is 3.57. The van der Waals surface area contributed by atoms with E-state index >= 15 is 0 Å². The highest BCUT2D eigenvalue weighted by Gasteiger charge is 2.52. The van der Waals surface area contributed by atoms with Crippen molar-refractivity contribution < 1.29 is 28.7 Å². The molecule has 0 spiro atoms. The van der Waals surface area contributed by atoms with Crippen LogP contribution < -0.4 is 10.6 Å². The Labute approximate surface area is 199 Å². The number of carbonyl (C=O) groups is 4. The zero-order chi connectivity index (χ0) is 24.6. The van der Waals surface area contributed by atoms with Crippen LogP contribution in [0.5, 0.6) is 0 Å². The molecule has 1 aromatic carbocycles. The number of halogens is 1. The van der Waals surface area contributed by atoms with E-state index in [9.17, 15) is 19.2 Å². The maximum absolute atomic E-state index is 13.2. The summed E-state index contributed by atoms with van der Waals surface area (Å²) in [4.78, 5) is 50.3. The Bertz CT molecular complexity index is 851. The van der Waals surface area contributed by atoms with Crippen molar-refractivity contribution in [3.05, 3.63) is 34.9 Å². The van der Waals surface area contributed by atoms with Crippen molar-refractivity contribution in [1.82, 2.24) is 10.6 Å². The van der Waals surface area contributed by atoms with E-state index in [1.807, 2.05) is 26.0 Å². The lowest BCUT2D eigenvalue weighted by atomic mass is 9.93. The number of amides is 2. The fraction of sp³-hybridized carbons (Fsp3) is 0.583. The molecule has 8 nitrogen and oxygen atoms in total. The molecule has 2 N–H and O–H groups in total. The van der Waals surface area contributed by atoms with Crippen LogP contribution in [0.15, 0.2) is 24.3 Å². The van der Waals surface area contributed by atoms with Gasteiger partial charge in [-0.25, -0.2) is 4.79 Å². The van der Waals surface area contributed by atoms with Gasteiger partial charge in [-0.05, 0) is 56.7 Å². The quantitative estimate of drug-likeness (QED) is 0.445. The molecule has 0 aliphatic heterocycles. The number of carbonyl (C=O) groups excluding carboxylic acids is 4. The minimum atomic E-state index is -1.02. The molecule has 1 fully saturated rings. The van der Waals surface area contributed by atoms with Gasteiger partial charge in [0.25, 0.3) is 0 Å². The smallest absolute Gasteiger partial charge is 0.328 e. The van der Waals surface area contributed by atoms with Gasteiger partial charge >= 0.3 is 11.9 Å². The summed E-state index contributed by atoms with van der Waals surface area (Å²) in [5.41, 5.74) is 0.175. The van der Waals surface area contributed by atoms with Gasteiger partial charge in [0.1, 0.15) is 12.1 Å². The number of hydrogen-bond acceptors (Lipinski definition) is 6. The Kier molecular flexibility index (Phi) is 9.70. The Morgan fingerprint density at radius 2 is 1.61 bits per heavy atom. The second kappa shape index (κ2) is 12.0. The van der Waals surface area contributed by atoms with Crippen LogP contribution >= 0.6 is 11.6 Å². The van der Waals surface area contributed by atoms with Gasteiger partial charge in [-0.2, -0.15) is 0 Å². The van der Waals surface area contributed by atoms with E-state index in [0.29, 0.717) is 17.9 Å². The lowest BCUT2D eigenvalue weighted by Gasteiger charge is -2.27. The minimum absolute atomic E-state index is 0.0386. The summed E-state index contributed by atoms with van der Waals surface area (Å²) in [5.74, 6) is -2.08. The summed E-state index contributed by atoms with van der Waals surface area (Å²) in [7, 11) is 0. The summed E-state index contributed by atoms with van der Waals surface area (Å²) >= 11 is 5.97. The van der Waals surface area contributed by atoms with Crippen molar-refractivity contribution in [2.75, 3.05) is 13.2 Å². The minimum Gasteiger partial charge on any atom is -0.466 e. The molecule has 2 rings (SSSR count). The highest BCUT2D eigenvalue weighted by Crippen LogP contribution is 2.48. The summed E-state index contributed by atoms with van der Waals surface area (Å²) < 4.78 is 9.95. The Morgan fingerprint density at radius 1 is 1.00 bits per heavy atom. The largest absolute Gasteiger partial charge is 0.466 e. The van der Waals surface area contributed by atoms with Crippen molar-refractivity contribution in [2.24, 2.45) is 5.92 Å². The number of hydrogen-bond donors (Lipinski definition) is 2. The lowest BCUT2D eigenvalue weighted by Crippen LogP contribution is -2.55. The van der Waals surface area contributed by atoms with Gasteiger partial charge in [-0.1, -0.05) is 37.6 Å². The van der Waals surface area contributed by atoms with Crippen molar-refractivity contribution in [3.63, 3.8) is 0 Å². The van der Waals surface area contributed by atoms with Gasteiger partial charge in [0.05, 0.1) is 18.6 Å². The zero-order valence-corrected chi connectivity index (χ0v) is 20.4. The fourth-order valence-electron chi connectivity index (χ4n) is 3.60. The zero-order valence-electron chi connectivity index (χ0n) is 19.6. The average molecular weight is 481 g/mol.